The second-order valence-corrected chi connectivity index (χ2v) is 7.58. The minimum Gasteiger partial charge on any atom is -0.459 e. The zero-order valence-electron chi connectivity index (χ0n) is 14.4. The molecule has 5 nitrogen and oxygen atoms in total. The SMILES string of the molecule is CC1=C(C(=O)OC(C)C)[C@H](c2ccc(F)cc2)N2C(=O)[C@@H](C)SC2=N1. The average Bonchev–Trinajstić information content (AvgIpc) is 2.80. The van der Waals surface area contributed by atoms with E-state index in [-0.39, 0.29) is 23.1 Å². The molecule has 2 aliphatic rings. The van der Waals surface area contributed by atoms with E-state index in [2.05, 4.69) is 4.99 Å². The van der Waals surface area contributed by atoms with Crippen LogP contribution in [0.1, 0.15) is 39.3 Å². The van der Waals surface area contributed by atoms with Gasteiger partial charge in [-0.15, -0.1) is 0 Å². The average molecular weight is 362 g/mol. The Hall–Kier alpha value is -2.15. The van der Waals surface area contributed by atoms with E-state index in [0.29, 0.717) is 22.0 Å². The van der Waals surface area contributed by atoms with Gasteiger partial charge in [-0.25, -0.2) is 14.2 Å². The highest BCUT2D eigenvalue weighted by molar-refractivity contribution is 8.15. The van der Waals surface area contributed by atoms with Gasteiger partial charge < -0.3 is 4.74 Å². The molecule has 1 saturated heterocycles. The van der Waals surface area contributed by atoms with E-state index in [9.17, 15) is 14.0 Å². The van der Waals surface area contributed by atoms with Gasteiger partial charge in [0, 0.05) is 0 Å². The van der Waals surface area contributed by atoms with Gasteiger partial charge >= 0.3 is 5.97 Å². The van der Waals surface area contributed by atoms with Crippen molar-refractivity contribution in [3.63, 3.8) is 0 Å². The van der Waals surface area contributed by atoms with Crippen LogP contribution in [0.4, 0.5) is 4.39 Å². The minimum absolute atomic E-state index is 0.125. The first kappa shape index (κ1) is 17.7. The smallest absolute Gasteiger partial charge is 0.338 e. The van der Waals surface area contributed by atoms with Crippen LogP contribution >= 0.6 is 11.8 Å². The second kappa shape index (κ2) is 6.63. The van der Waals surface area contributed by atoms with Crippen molar-refractivity contribution in [3.8, 4) is 0 Å². The van der Waals surface area contributed by atoms with Gasteiger partial charge in [-0.3, -0.25) is 9.69 Å². The topological polar surface area (TPSA) is 59.0 Å². The summed E-state index contributed by atoms with van der Waals surface area (Å²) in [5.41, 5.74) is 1.47. The molecule has 0 spiro atoms. The number of hydrogen-bond acceptors (Lipinski definition) is 5. The van der Waals surface area contributed by atoms with Gasteiger partial charge in [-0.05, 0) is 45.4 Å². The predicted molar refractivity (Wildman–Crippen MR) is 94.4 cm³/mol. The number of nitrogens with zero attached hydrogens (tertiary/aromatic N) is 2. The van der Waals surface area contributed by atoms with Crippen LogP contribution in [0.5, 0.6) is 0 Å². The quantitative estimate of drug-likeness (QED) is 0.773. The lowest BCUT2D eigenvalue weighted by molar-refractivity contribution is -0.143. The molecular weight excluding hydrogens is 343 g/mol. The van der Waals surface area contributed by atoms with Crippen LogP contribution in [0.15, 0.2) is 40.5 Å². The fraction of sp³-hybridized carbons (Fsp3) is 0.389. The van der Waals surface area contributed by atoms with Gasteiger partial charge in [0.1, 0.15) is 5.82 Å². The summed E-state index contributed by atoms with van der Waals surface area (Å²) in [6.45, 7) is 7.05. The van der Waals surface area contributed by atoms with Gasteiger partial charge in [-0.1, -0.05) is 23.9 Å². The van der Waals surface area contributed by atoms with Crippen LogP contribution < -0.4 is 0 Å². The van der Waals surface area contributed by atoms with Crippen molar-refractivity contribution in [1.82, 2.24) is 4.90 Å². The van der Waals surface area contributed by atoms with Crippen LogP contribution in [0.25, 0.3) is 0 Å². The number of carbonyl (C=O) groups excluding carboxylic acids is 2. The van der Waals surface area contributed by atoms with Crippen molar-refractivity contribution in [1.29, 1.82) is 0 Å². The molecule has 2 atom stereocenters. The van der Waals surface area contributed by atoms with Gasteiger partial charge in [-0.2, -0.15) is 0 Å². The Bertz CT molecular complexity index is 786. The predicted octanol–water partition coefficient (Wildman–Crippen LogP) is 3.43. The van der Waals surface area contributed by atoms with Crippen molar-refractivity contribution in [3.05, 3.63) is 46.9 Å². The van der Waals surface area contributed by atoms with Crippen molar-refractivity contribution in [2.45, 2.75) is 45.1 Å². The number of amides is 1. The van der Waals surface area contributed by atoms with Crippen LogP contribution in [0, 0.1) is 5.82 Å². The van der Waals surface area contributed by atoms with Gasteiger partial charge in [0.2, 0.25) is 5.91 Å². The van der Waals surface area contributed by atoms with Crippen LogP contribution in [0.3, 0.4) is 0 Å². The lowest BCUT2D eigenvalue weighted by Crippen LogP contribution is -2.40. The highest BCUT2D eigenvalue weighted by atomic mass is 32.2. The summed E-state index contributed by atoms with van der Waals surface area (Å²) in [6.07, 6.45) is -0.297. The minimum atomic E-state index is -0.663. The van der Waals surface area contributed by atoms with E-state index in [1.807, 2.05) is 0 Å². The summed E-state index contributed by atoms with van der Waals surface area (Å²) in [5, 5.41) is 0.278. The van der Waals surface area contributed by atoms with E-state index < -0.39 is 12.0 Å². The van der Waals surface area contributed by atoms with E-state index in [4.69, 9.17) is 4.74 Å². The normalized spacial score (nSPS) is 23.0. The molecule has 1 amide bonds. The summed E-state index contributed by atoms with van der Waals surface area (Å²) in [6, 6.07) is 5.14. The highest BCUT2D eigenvalue weighted by Crippen LogP contribution is 2.43. The zero-order valence-corrected chi connectivity index (χ0v) is 15.3. The monoisotopic (exact) mass is 362 g/mol. The van der Waals surface area contributed by atoms with Gasteiger partial charge in [0.05, 0.1) is 28.7 Å². The summed E-state index contributed by atoms with van der Waals surface area (Å²) in [5.74, 6) is -1.02. The summed E-state index contributed by atoms with van der Waals surface area (Å²) in [7, 11) is 0. The maximum atomic E-state index is 13.4. The molecule has 0 bridgehead atoms. The van der Waals surface area contributed by atoms with Crippen molar-refractivity contribution >= 4 is 28.8 Å². The van der Waals surface area contributed by atoms with Crippen molar-refractivity contribution < 1.29 is 18.7 Å². The first-order chi connectivity index (χ1) is 11.8. The molecule has 0 radical (unpaired) electrons. The van der Waals surface area contributed by atoms with Gasteiger partial charge in [0.15, 0.2) is 5.17 Å². The molecular formula is C18H19FN2O3S. The zero-order chi connectivity index (χ0) is 18.3. The van der Waals surface area contributed by atoms with Crippen LogP contribution in [-0.2, 0) is 14.3 Å². The fourth-order valence-corrected chi connectivity index (χ4v) is 3.93. The molecule has 0 aromatic heterocycles. The standard InChI is InChI=1S/C18H19FN2O3S/c1-9(2)24-17(23)14-10(3)20-18-21(16(22)11(4)25-18)15(14)12-5-7-13(19)8-6-12/h5-9,11,15H,1-4H3/t11-,15+/m1/s1. The molecule has 0 aliphatic carbocycles. The number of carbonyl (C=O) groups is 2. The number of hydrogen-bond donors (Lipinski definition) is 0. The third-order valence-electron chi connectivity index (χ3n) is 4.01. The fourth-order valence-electron chi connectivity index (χ4n) is 2.90. The van der Waals surface area contributed by atoms with Crippen molar-refractivity contribution in [2.24, 2.45) is 4.99 Å². The number of aliphatic imine (C=N–C) groups is 1. The molecule has 0 unspecified atom stereocenters. The maximum Gasteiger partial charge on any atom is 0.338 e. The number of ether oxygens (including phenoxy) is 1. The molecule has 0 N–H and O–H groups in total. The lowest BCUT2D eigenvalue weighted by atomic mass is 9.94. The van der Waals surface area contributed by atoms with E-state index in [1.165, 1.54) is 28.8 Å². The Balaban J connectivity index is 2.12. The Morgan fingerprint density at radius 3 is 2.56 bits per heavy atom. The summed E-state index contributed by atoms with van der Waals surface area (Å²) < 4.78 is 18.7. The Kier molecular flexibility index (Phi) is 4.69. The second-order valence-electron chi connectivity index (χ2n) is 6.27. The molecule has 2 heterocycles. The van der Waals surface area contributed by atoms with Crippen LogP contribution in [-0.4, -0.2) is 33.3 Å². The number of rotatable bonds is 3. The Labute approximate surface area is 149 Å². The third-order valence-corrected chi connectivity index (χ3v) is 5.06. The summed E-state index contributed by atoms with van der Waals surface area (Å²) >= 11 is 1.36. The third kappa shape index (κ3) is 3.20. The maximum absolute atomic E-state index is 13.4. The largest absolute Gasteiger partial charge is 0.459 e. The number of allylic oxidation sites excluding steroid dienone is 1. The molecule has 2 aliphatic heterocycles. The van der Waals surface area contributed by atoms with E-state index in [0.717, 1.165) is 0 Å². The number of halogens is 1. The molecule has 7 heteroatoms. The number of benzene rings is 1. The first-order valence-corrected chi connectivity index (χ1v) is 8.93. The van der Waals surface area contributed by atoms with E-state index in [1.54, 1.807) is 39.8 Å². The first-order valence-electron chi connectivity index (χ1n) is 8.05. The summed E-state index contributed by atoms with van der Waals surface area (Å²) in [4.78, 5) is 31.3. The molecule has 25 heavy (non-hydrogen) atoms. The van der Waals surface area contributed by atoms with Crippen molar-refractivity contribution in [2.75, 3.05) is 0 Å². The highest BCUT2D eigenvalue weighted by Gasteiger charge is 2.46. The number of esters is 1. The van der Waals surface area contributed by atoms with E-state index >= 15 is 0 Å². The lowest BCUT2D eigenvalue weighted by Gasteiger charge is -2.33. The van der Waals surface area contributed by atoms with Crippen LogP contribution in [0.2, 0.25) is 0 Å². The molecule has 1 aromatic rings. The Morgan fingerprint density at radius 2 is 1.96 bits per heavy atom. The number of fused-ring (bicyclic) bond motifs is 1. The number of amidine groups is 1. The Morgan fingerprint density at radius 1 is 1.32 bits per heavy atom. The molecule has 1 fully saturated rings. The number of thioether (sulfide) groups is 1. The molecule has 1 aromatic carbocycles. The molecule has 0 saturated carbocycles. The molecule has 3 rings (SSSR count). The van der Waals surface area contributed by atoms with Gasteiger partial charge in [0.25, 0.3) is 0 Å². The molecule has 132 valence electrons.